The minimum Gasteiger partial charge on any atom is -0.494 e. The van der Waals surface area contributed by atoms with Gasteiger partial charge in [-0.15, -0.1) is 0 Å². The van der Waals surface area contributed by atoms with E-state index in [9.17, 15) is 13.2 Å². The number of nitrogens with zero attached hydrogens (tertiary/aromatic N) is 4. The quantitative estimate of drug-likeness (QED) is 0.364. The fraction of sp³-hybridized carbons (Fsp3) is 0.500. The Hall–Kier alpha value is -2.57. The van der Waals surface area contributed by atoms with Gasteiger partial charge in [0.2, 0.25) is 15.9 Å². The third kappa shape index (κ3) is 6.28. The molecule has 2 fully saturated rings. The Balaban J connectivity index is 1.41. The van der Waals surface area contributed by atoms with Crippen molar-refractivity contribution in [2.24, 2.45) is 0 Å². The first kappa shape index (κ1) is 28.0. The topological polar surface area (TPSA) is 92.3 Å². The van der Waals surface area contributed by atoms with E-state index in [4.69, 9.17) is 14.5 Å². The fourth-order valence-corrected chi connectivity index (χ4v) is 7.82. The molecule has 2 aliphatic heterocycles. The first-order chi connectivity index (χ1) is 18.9. The summed E-state index contributed by atoms with van der Waals surface area (Å²) in [5, 5.41) is 0.588. The largest absolute Gasteiger partial charge is 0.494 e. The number of ether oxygens (including phenoxy) is 2. The number of sulfonamides is 1. The highest BCUT2D eigenvalue weighted by atomic mass is 32.2. The highest BCUT2D eigenvalue weighted by Gasteiger charge is 2.42. The van der Waals surface area contributed by atoms with Crippen molar-refractivity contribution in [3.05, 3.63) is 48.0 Å². The lowest BCUT2D eigenvalue weighted by atomic mass is 10.2. The zero-order valence-corrected chi connectivity index (χ0v) is 24.2. The van der Waals surface area contributed by atoms with Crippen LogP contribution in [-0.4, -0.2) is 87.1 Å². The number of hydrogen-bond donors (Lipinski definition) is 0. The predicted octanol–water partition coefficient (Wildman–Crippen LogP) is 3.91. The van der Waals surface area contributed by atoms with Gasteiger partial charge in [-0.25, -0.2) is 13.4 Å². The summed E-state index contributed by atoms with van der Waals surface area (Å²) >= 11 is 1.44. The number of fused-ring (bicyclic) bond motifs is 1. The maximum atomic E-state index is 14.1. The molecule has 0 saturated carbocycles. The van der Waals surface area contributed by atoms with Crippen molar-refractivity contribution in [2.75, 3.05) is 57.4 Å². The van der Waals surface area contributed by atoms with Crippen LogP contribution in [0.3, 0.4) is 0 Å². The summed E-state index contributed by atoms with van der Waals surface area (Å²) in [6, 6.07) is 11.8. The summed E-state index contributed by atoms with van der Waals surface area (Å²) in [5.41, 5.74) is 1.78. The lowest BCUT2D eigenvalue weighted by Gasteiger charge is -2.30. The van der Waals surface area contributed by atoms with E-state index in [1.165, 1.54) is 15.6 Å². The second-order valence-electron chi connectivity index (χ2n) is 9.94. The minimum absolute atomic E-state index is 0.214. The number of amides is 1. The Kier molecular flexibility index (Phi) is 8.82. The van der Waals surface area contributed by atoms with Crippen LogP contribution in [-0.2, 0) is 19.6 Å². The lowest BCUT2D eigenvalue weighted by molar-refractivity contribution is -0.121. The van der Waals surface area contributed by atoms with Crippen molar-refractivity contribution in [3.8, 4) is 5.75 Å². The normalized spacial score (nSPS) is 19.0. The standard InChI is InChI=1S/C28H36N4O5S2/c1-3-37-22-9-12-24-26(20-22)38-28(29-24)31(14-5-13-30-16-18-36-19-17-30)27(33)25-6-4-15-32(25)39(34,35)23-10-7-21(2)8-11-23/h7-12,20,25H,3-6,13-19H2,1-2H3. The molecule has 1 amide bonds. The number of anilines is 1. The Morgan fingerprint density at radius 2 is 1.92 bits per heavy atom. The molecule has 3 heterocycles. The van der Waals surface area contributed by atoms with Gasteiger partial charge in [0.05, 0.1) is 34.9 Å². The fourth-order valence-electron chi connectivity index (χ4n) is 5.14. The minimum atomic E-state index is -3.81. The van der Waals surface area contributed by atoms with Gasteiger partial charge >= 0.3 is 0 Å². The summed E-state index contributed by atoms with van der Waals surface area (Å²) in [6.45, 7) is 9.24. The van der Waals surface area contributed by atoms with Crippen LogP contribution in [0.4, 0.5) is 5.13 Å². The smallest absolute Gasteiger partial charge is 0.247 e. The van der Waals surface area contributed by atoms with E-state index >= 15 is 0 Å². The van der Waals surface area contributed by atoms with Gasteiger partial charge in [0.15, 0.2) is 5.13 Å². The molecule has 0 aliphatic carbocycles. The number of hydrogen-bond acceptors (Lipinski definition) is 8. The predicted molar refractivity (Wildman–Crippen MR) is 153 cm³/mol. The Labute approximate surface area is 234 Å². The number of carbonyl (C=O) groups excluding carboxylic acids is 1. The molecular formula is C28H36N4O5S2. The highest BCUT2D eigenvalue weighted by Crippen LogP contribution is 2.34. The molecule has 1 unspecified atom stereocenters. The van der Waals surface area contributed by atoms with Crippen LogP contribution < -0.4 is 9.64 Å². The van der Waals surface area contributed by atoms with E-state index in [0.717, 1.165) is 60.8 Å². The van der Waals surface area contributed by atoms with E-state index < -0.39 is 16.1 Å². The van der Waals surface area contributed by atoms with Crippen molar-refractivity contribution in [1.82, 2.24) is 14.2 Å². The average Bonchev–Trinajstić information content (AvgIpc) is 3.60. The van der Waals surface area contributed by atoms with Gasteiger partial charge in [0, 0.05) is 32.7 Å². The first-order valence-electron chi connectivity index (χ1n) is 13.6. The second kappa shape index (κ2) is 12.3. The molecule has 210 valence electrons. The van der Waals surface area contributed by atoms with Crippen molar-refractivity contribution < 1.29 is 22.7 Å². The van der Waals surface area contributed by atoms with E-state index in [0.29, 0.717) is 37.7 Å². The van der Waals surface area contributed by atoms with Crippen LogP contribution >= 0.6 is 11.3 Å². The molecule has 0 spiro atoms. The van der Waals surface area contributed by atoms with Crippen molar-refractivity contribution in [3.63, 3.8) is 0 Å². The zero-order valence-electron chi connectivity index (χ0n) is 22.5. The summed E-state index contributed by atoms with van der Waals surface area (Å²) < 4.78 is 40.6. The maximum absolute atomic E-state index is 14.1. The molecule has 11 heteroatoms. The average molecular weight is 573 g/mol. The van der Waals surface area contributed by atoms with Gasteiger partial charge in [0.25, 0.3) is 0 Å². The van der Waals surface area contributed by atoms with Gasteiger partial charge < -0.3 is 9.47 Å². The number of aryl methyl sites for hydroxylation is 1. The number of benzene rings is 2. The summed E-state index contributed by atoms with van der Waals surface area (Å²) in [6.07, 6.45) is 1.88. The molecule has 2 aliphatic rings. The number of aromatic nitrogens is 1. The molecule has 3 aromatic rings. The van der Waals surface area contributed by atoms with Gasteiger partial charge in [-0.1, -0.05) is 29.0 Å². The number of rotatable bonds is 10. The third-order valence-electron chi connectivity index (χ3n) is 7.23. The molecule has 0 N–H and O–H groups in total. The van der Waals surface area contributed by atoms with Gasteiger partial charge in [-0.05, 0) is 63.4 Å². The molecule has 2 saturated heterocycles. The monoisotopic (exact) mass is 572 g/mol. The molecule has 39 heavy (non-hydrogen) atoms. The molecule has 9 nitrogen and oxygen atoms in total. The maximum Gasteiger partial charge on any atom is 0.247 e. The van der Waals surface area contributed by atoms with E-state index in [1.807, 2.05) is 32.0 Å². The number of carbonyl (C=O) groups is 1. The van der Waals surface area contributed by atoms with Crippen LogP contribution in [0, 0.1) is 6.92 Å². The SMILES string of the molecule is CCOc1ccc2nc(N(CCCN3CCOCC3)C(=O)C3CCCN3S(=O)(=O)c3ccc(C)cc3)sc2c1. The Bertz CT molecular complexity index is 1390. The first-order valence-corrected chi connectivity index (χ1v) is 15.9. The van der Waals surface area contributed by atoms with Crippen LogP contribution in [0.15, 0.2) is 47.4 Å². The van der Waals surface area contributed by atoms with Crippen molar-refractivity contribution in [2.45, 2.75) is 44.0 Å². The summed E-state index contributed by atoms with van der Waals surface area (Å²) in [5.74, 6) is 0.547. The molecule has 1 aromatic heterocycles. The summed E-state index contributed by atoms with van der Waals surface area (Å²) in [7, 11) is -3.81. The molecule has 5 rings (SSSR count). The Morgan fingerprint density at radius 1 is 1.15 bits per heavy atom. The molecule has 0 radical (unpaired) electrons. The lowest BCUT2D eigenvalue weighted by Crippen LogP contribution is -2.48. The molecule has 0 bridgehead atoms. The molecule has 1 atom stereocenters. The molecular weight excluding hydrogens is 536 g/mol. The van der Waals surface area contributed by atoms with E-state index in [2.05, 4.69) is 4.90 Å². The number of morpholine rings is 1. The van der Waals surface area contributed by atoms with Gasteiger partial charge in [0.1, 0.15) is 11.8 Å². The summed E-state index contributed by atoms with van der Waals surface area (Å²) in [4.78, 5) is 23.2. The van der Waals surface area contributed by atoms with Crippen LogP contribution in [0.5, 0.6) is 5.75 Å². The second-order valence-corrected chi connectivity index (χ2v) is 12.8. The number of thiazole rings is 1. The van der Waals surface area contributed by atoms with Crippen LogP contribution in [0.25, 0.3) is 10.2 Å². The molecule has 2 aromatic carbocycles. The van der Waals surface area contributed by atoms with E-state index in [1.54, 1.807) is 29.2 Å². The third-order valence-corrected chi connectivity index (χ3v) is 10.2. The van der Waals surface area contributed by atoms with Gasteiger partial charge in [-0.3, -0.25) is 14.6 Å². The van der Waals surface area contributed by atoms with Crippen LogP contribution in [0.2, 0.25) is 0 Å². The van der Waals surface area contributed by atoms with Crippen molar-refractivity contribution >= 4 is 42.6 Å². The van der Waals surface area contributed by atoms with Crippen molar-refractivity contribution in [1.29, 1.82) is 0 Å². The zero-order chi connectivity index (χ0) is 27.4. The van der Waals surface area contributed by atoms with E-state index in [-0.39, 0.29) is 10.8 Å². The Morgan fingerprint density at radius 3 is 2.67 bits per heavy atom. The van der Waals surface area contributed by atoms with Gasteiger partial charge in [-0.2, -0.15) is 4.31 Å². The van der Waals surface area contributed by atoms with Crippen LogP contribution in [0.1, 0.15) is 31.7 Å². The highest BCUT2D eigenvalue weighted by molar-refractivity contribution is 7.89.